The van der Waals surface area contributed by atoms with Crippen LogP contribution in [-0.2, 0) is 16.1 Å². The summed E-state index contributed by atoms with van der Waals surface area (Å²) in [7, 11) is 0. The van der Waals surface area contributed by atoms with Gasteiger partial charge in [-0.05, 0) is 37.6 Å². The number of rotatable bonds is 5. The Bertz CT molecular complexity index is 1350. The standard InChI is InChI=1S/C20H19N5O3S2/c1-10-11(2)29-18-17(10)19(28)25(9-21-18)7-6-16(27)24-20-23-14-5-4-13(22-12(3)26)8-15(14)30-20/h4-5,8-9H,6-7H2,1-3H3,(H,22,26)(H,23,24,27). The minimum atomic E-state index is -0.235. The average molecular weight is 442 g/mol. The van der Waals surface area contributed by atoms with Crippen LogP contribution in [0.3, 0.4) is 0 Å². The van der Waals surface area contributed by atoms with E-state index in [1.54, 1.807) is 12.1 Å². The summed E-state index contributed by atoms with van der Waals surface area (Å²) in [6, 6.07) is 5.37. The van der Waals surface area contributed by atoms with Gasteiger partial charge < -0.3 is 10.6 Å². The molecule has 2 amide bonds. The molecular formula is C20H19N5O3S2. The predicted molar refractivity (Wildman–Crippen MR) is 121 cm³/mol. The van der Waals surface area contributed by atoms with Gasteiger partial charge in [-0.1, -0.05) is 11.3 Å². The Morgan fingerprint density at radius 3 is 2.73 bits per heavy atom. The summed E-state index contributed by atoms with van der Waals surface area (Å²) in [5.41, 5.74) is 2.23. The van der Waals surface area contributed by atoms with Gasteiger partial charge in [-0.25, -0.2) is 9.97 Å². The summed E-state index contributed by atoms with van der Waals surface area (Å²) in [6.07, 6.45) is 1.62. The first-order valence-electron chi connectivity index (χ1n) is 9.25. The number of nitrogens with zero attached hydrogens (tertiary/aromatic N) is 3. The molecule has 154 valence electrons. The number of nitrogens with one attached hydrogen (secondary N) is 2. The van der Waals surface area contributed by atoms with Gasteiger partial charge in [0.15, 0.2) is 5.13 Å². The van der Waals surface area contributed by atoms with Gasteiger partial charge in [0.1, 0.15) is 4.83 Å². The van der Waals surface area contributed by atoms with Crippen LogP contribution in [0.1, 0.15) is 23.8 Å². The second kappa shape index (κ2) is 7.96. The van der Waals surface area contributed by atoms with Gasteiger partial charge in [0, 0.05) is 30.5 Å². The van der Waals surface area contributed by atoms with Crippen LogP contribution in [0, 0.1) is 13.8 Å². The smallest absolute Gasteiger partial charge is 0.262 e. The van der Waals surface area contributed by atoms with Crippen molar-refractivity contribution in [3.63, 3.8) is 0 Å². The molecule has 10 heteroatoms. The zero-order valence-corrected chi connectivity index (χ0v) is 18.2. The van der Waals surface area contributed by atoms with Crippen LogP contribution in [0.5, 0.6) is 0 Å². The Morgan fingerprint density at radius 1 is 1.17 bits per heavy atom. The van der Waals surface area contributed by atoms with Crippen LogP contribution in [0.2, 0.25) is 0 Å². The average Bonchev–Trinajstić information content (AvgIpc) is 3.20. The van der Waals surface area contributed by atoms with Crippen molar-refractivity contribution in [3.05, 3.63) is 45.3 Å². The van der Waals surface area contributed by atoms with Crippen molar-refractivity contribution in [3.8, 4) is 0 Å². The number of hydrogen-bond donors (Lipinski definition) is 2. The van der Waals surface area contributed by atoms with E-state index in [-0.39, 0.29) is 30.3 Å². The molecule has 3 aromatic heterocycles. The van der Waals surface area contributed by atoms with E-state index < -0.39 is 0 Å². The maximum atomic E-state index is 12.7. The molecule has 1 aromatic carbocycles. The summed E-state index contributed by atoms with van der Waals surface area (Å²) >= 11 is 2.82. The van der Waals surface area contributed by atoms with Gasteiger partial charge >= 0.3 is 0 Å². The van der Waals surface area contributed by atoms with Crippen LogP contribution < -0.4 is 16.2 Å². The van der Waals surface area contributed by atoms with Crippen LogP contribution in [0.25, 0.3) is 20.4 Å². The van der Waals surface area contributed by atoms with Gasteiger partial charge in [0.05, 0.1) is 21.9 Å². The third-order valence-corrected chi connectivity index (χ3v) is 6.74. The number of aromatic nitrogens is 3. The van der Waals surface area contributed by atoms with Crippen LogP contribution in [0.4, 0.5) is 10.8 Å². The summed E-state index contributed by atoms with van der Waals surface area (Å²) in [5.74, 6) is -0.385. The Kier molecular flexibility index (Phi) is 5.35. The summed E-state index contributed by atoms with van der Waals surface area (Å²) < 4.78 is 2.32. The SMILES string of the molecule is CC(=O)Nc1ccc2nc(NC(=O)CCn3cnc4sc(C)c(C)c4c3=O)sc2c1. The monoisotopic (exact) mass is 441 g/mol. The van der Waals surface area contributed by atoms with Crippen molar-refractivity contribution in [2.75, 3.05) is 10.6 Å². The Balaban J connectivity index is 1.45. The van der Waals surface area contributed by atoms with Crippen molar-refractivity contribution < 1.29 is 9.59 Å². The topological polar surface area (TPSA) is 106 Å². The number of aryl methyl sites for hydroxylation is 3. The lowest BCUT2D eigenvalue weighted by atomic mass is 10.2. The molecule has 0 atom stereocenters. The molecule has 0 aliphatic carbocycles. The van der Waals surface area contributed by atoms with Gasteiger partial charge in [0.2, 0.25) is 11.8 Å². The molecule has 4 rings (SSSR count). The molecule has 2 N–H and O–H groups in total. The number of fused-ring (bicyclic) bond motifs is 2. The Labute approximate surface area is 179 Å². The molecule has 0 saturated heterocycles. The second-order valence-electron chi connectivity index (χ2n) is 6.89. The first-order valence-corrected chi connectivity index (χ1v) is 10.9. The minimum Gasteiger partial charge on any atom is -0.326 e. The lowest BCUT2D eigenvalue weighted by Gasteiger charge is -2.05. The van der Waals surface area contributed by atoms with Gasteiger partial charge in [-0.3, -0.25) is 19.0 Å². The van der Waals surface area contributed by atoms with Crippen molar-refractivity contribution in [1.29, 1.82) is 0 Å². The molecule has 8 nitrogen and oxygen atoms in total. The van der Waals surface area contributed by atoms with Gasteiger partial charge in [-0.15, -0.1) is 11.3 Å². The molecule has 0 bridgehead atoms. The number of carbonyl (C=O) groups excluding carboxylic acids is 2. The number of thiazole rings is 1. The van der Waals surface area contributed by atoms with Crippen molar-refractivity contribution in [2.24, 2.45) is 0 Å². The van der Waals surface area contributed by atoms with Crippen molar-refractivity contribution >= 4 is 65.7 Å². The molecule has 0 fully saturated rings. The number of anilines is 2. The Morgan fingerprint density at radius 2 is 1.97 bits per heavy atom. The van der Waals surface area contributed by atoms with Gasteiger partial charge in [0.25, 0.3) is 5.56 Å². The number of thiophene rings is 1. The highest BCUT2D eigenvalue weighted by Gasteiger charge is 2.14. The lowest BCUT2D eigenvalue weighted by Crippen LogP contribution is -2.23. The largest absolute Gasteiger partial charge is 0.326 e. The molecule has 0 aliphatic rings. The zero-order chi connectivity index (χ0) is 21.4. The number of amides is 2. The molecular weight excluding hydrogens is 422 g/mol. The predicted octanol–water partition coefficient (Wildman–Crippen LogP) is 3.67. The fourth-order valence-corrected chi connectivity index (χ4v) is 5.00. The van der Waals surface area contributed by atoms with E-state index in [0.29, 0.717) is 16.2 Å². The second-order valence-corrected chi connectivity index (χ2v) is 9.12. The first kappa shape index (κ1) is 20.2. The summed E-state index contributed by atoms with van der Waals surface area (Å²) in [6.45, 7) is 5.57. The number of carbonyl (C=O) groups is 2. The fraction of sp³-hybridized carbons (Fsp3) is 0.250. The molecule has 0 radical (unpaired) electrons. The Hall–Kier alpha value is -3.11. The van der Waals surface area contributed by atoms with E-state index in [2.05, 4.69) is 20.6 Å². The molecule has 0 saturated carbocycles. The van der Waals surface area contributed by atoms with Gasteiger partial charge in [-0.2, -0.15) is 0 Å². The molecule has 0 aliphatic heterocycles. The normalized spacial score (nSPS) is 11.2. The number of hydrogen-bond acceptors (Lipinski definition) is 7. The van der Waals surface area contributed by atoms with E-state index in [9.17, 15) is 14.4 Å². The van der Waals surface area contributed by atoms with E-state index in [0.717, 1.165) is 25.5 Å². The zero-order valence-electron chi connectivity index (χ0n) is 16.6. The summed E-state index contributed by atoms with van der Waals surface area (Å²) in [5, 5.41) is 6.60. The fourth-order valence-electron chi connectivity index (χ4n) is 3.09. The molecule has 30 heavy (non-hydrogen) atoms. The van der Waals surface area contributed by atoms with Crippen molar-refractivity contribution in [1.82, 2.24) is 14.5 Å². The van der Waals surface area contributed by atoms with Crippen LogP contribution >= 0.6 is 22.7 Å². The third-order valence-electron chi connectivity index (χ3n) is 4.69. The summed E-state index contributed by atoms with van der Waals surface area (Å²) in [4.78, 5) is 46.8. The van der Waals surface area contributed by atoms with Crippen LogP contribution in [0.15, 0.2) is 29.3 Å². The third kappa shape index (κ3) is 3.96. The number of benzene rings is 1. The molecule has 0 unspecified atom stereocenters. The first-order chi connectivity index (χ1) is 14.3. The minimum absolute atomic E-state index is 0.125. The van der Waals surface area contributed by atoms with E-state index >= 15 is 0 Å². The van der Waals surface area contributed by atoms with Crippen molar-refractivity contribution in [2.45, 2.75) is 33.7 Å². The van der Waals surface area contributed by atoms with E-state index in [1.807, 2.05) is 19.9 Å². The van der Waals surface area contributed by atoms with E-state index in [4.69, 9.17) is 0 Å². The quantitative estimate of drug-likeness (QED) is 0.491. The highest BCUT2D eigenvalue weighted by atomic mass is 32.1. The maximum absolute atomic E-state index is 12.7. The lowest BCUT2D eigenvalue weighted by molar-refractivity contribution is -0.116. The highest BCUT2D eigenvalue weighted by Crippen LogP contribution is 2.28. The molecule has 0 spiro atoms. The van der Waals surface area contributed by atoms with Crippen LogP contribution in [-0.4, -0.2) is 26.3 Å². The van der Waals surface area contributed by atoms with E-state index in [1.165, 1.54) is 40.5 Å². The highest BCUT2D eigenvalue weighted by molar-refractivity contribution is 7.22. The maximum Gasteiger partial charge on any atom is 0.262 e. The molecule has 4 aromatic rings. The molecule has 3 heterocycles.